The molecule has 0 fully saturated rings. The molecule has 3 heteroatoms. The van der Waals surface area contributed by atoms with Crippen molar-refractivity contribution in [3.63, 3.8) is 0 Å². The molecule has 3 nitrogen and oxygen atoms in total. The highest BCUT2D eigenvalue weighted by Gasteiger charge is 2.10. The summed E-state index contributed by atoms with van der Waals surface area (Å²) in [6, 6.07) is 14.6. The highest BCUT2D eigenvalue weighted by atomic mass is 14.8. The number of H-pyrrole nitrogens is 1. The molecule has 0 atom stereocenters. The van der Waals surface area contributed by atoms with E-state index in [0.29, 0.717) is 0 Å². The molecule has 2 aromatic carbocycles. The lowest BCUT2D eigenvalue weighted by Crippen LogP contribution is -2.01. The van der Waals surface area contributed by atoms with E-state index in [0.717, 1.165) is 28.8 Å². The third-order valence-corrected chi connectivity index (χ3v) is 3.99. The van der Waals surface area contributed by atoms with Crippen LogP contribution in [0.25, 0.3) is 10.9 Å². The summed E-state index contributed by atoms with van der Waals surface area (Å²) in [7, 11) is 1.92. The van der Waals surface area contributed by atoms with Gasteiger partial charge in [-0.15, -0.1) is 0 Å². The number of hydrogen-bond donors (Lipinski definition) is 2. The first kappa shape index (κ1) is 13.3. The Bertz CT molecular complexity index is 837. The van der Waals surface area contributed by atoms with Crippen molar-refractivity contribution in [2.24, 2.45) is 0 Å². The van der Waals surface area contributed by atoms with Gasteiger partial charge < -0.3 is 10.3 Å². The highest BCUT2D eigenvalue weighted by molar-refractivity contribution is 5.80. The zero-order valence-corrected chi connectivity index (χ0v) is 12.2. The van der Waals surface area contributed by atoms with Crippen molar-refractivity contribution >= 4 is 16.6 Å². The fourth-order valence-corrected chi connectivity index (χ4v) is 2.76. The van der Waals surface area contributed by atoms with Crippen molar-refractivity contribution in [3.05, 3.63) is 64.8 Å². The molecule has 21 heavy (non-hydrogen) atoms. The molecule has 0 aliphatic heterocycles. The van der Waals surface area contributed by atoms with Crippen molar-refractivity contribution in [1.29, 1.82) is 5.26 Å². The molecule has 0 saturated carbocycles. The summed E-state index contributed by atoms with van der Waals surface area (Å²) in [6.45, 7) is 2.02. The summed E-state index contributed by atoms with van der Waals surface area (Å²) in [4.78, 5) is 3.21. The number of nitrogens with one attached hydrogen (secondary N) is 2. The van der Waals surface area contributed by atoms with Crippen molar-refractivity contribution in [2.45, 2.75) is 13.3 Å². The molecule has 0 unspecified atom stereocenters. The summed E-state index contributed by atoms with van der Waals surface area (Å²) in [6.07, 6.45) is 2.77. The van der Waals surface area contributed by atoms with Crippen LogP contribution >= 0.6 is 0 Å². The van der Waals surface area contributed by atoms with E-state index in [1.807, 2.05) is 32.3 Å². The van der Waals surface area contributed by atoms with Crippen molar-refractivity contribution in [2.75, 3.05) is 12.4 Å². The molecule has 0 spiro atoms. The van der Waals surface area contributed by atoms with Crippen LogP contribution in [0.3, 0.4) is 0 Å². The minimum absolute atomic E-state index is 0.742. The van der Waals surface area contributed by atoms with Gasteiger partial charge >= 0.3 is 0 Å². The largest absolute Gasteiger partial charge is 0.388 e. The van der Waals surface area contributed by atoms with Crippen LogP contribution in [-0.2, 0) is 6.42 Å². The molecule has 0 radical (unpaired) electrons. The van der Waals surface area contributed by atoms with Crippen molar-refractivity contribution < 1.29 is 0 Å². The molecule has 0 amide bonds. The Morgan fingerprint density at radius 1 is 1.19 bits per heavy atom. The number of fused-ring (bicyclic) bond motifs is 1. The normalized spacial score (nSPS) is 10.5. The Balaban J connectivity index is 2.05. The van der Waals surface area contributed by atoms with Crippen LogP contribution in [0.15, 0.2) is 42.6 Å². The molecule has 104 valence electrons. The maximum Gasteiger partial charge on any atom is 0.0994 e. The predicted octanol–water partition coefficient (Wildman–Crippen LogP) is 3.98. The van der Waals surface area contributed by atoms with Gasteiger partial charge in [0.05, 0.1) is 11.6 Å². The van der Waals surface area contributed by atoms with E-state index >= 15 is 0 Å². The van der Waals surface area contributed by atoms with Gasteiger partial charge in [-0.05, 0) is 65.8 Å². The Labute approximate surface area is 124 Å². The van der Waals surface area contributed by atoms with Gasteiger partial charge in [-0.2, -0.15) is 5.26 Å². The van der Waals surface area contributed by atoms with Crippen LogP contribution in [0, 0.1) is 18.3 Å². The third kappa shape index (κ3) is 2.36. The van der Waals surface area contributed by atoms with Gasteiger partial charge in [-0.3, -0.25) is 0 Å². The van der Waals surface area contributed by atoms with Crippen molar-refractivity contribution in [3.8, 4) is 6.07 Å². The van der Waals surface area contributed by atoms with Crippen LogP contribution < -0.4 is 5.32 Å². The quantitative estimate of drug-likeness (QED) is 0.759. The molecular weight excluding hydrogens is 258 g/mol. The number of nitrogens with zero attached hydrogens (tertiary/aromatic N) is 1. The molecular formula is C18H17N3. The van der Waals surface area contributed by atoms with E-state index in [2.05, 4.69) is 40.6 Å². The lowest BCUT2D eigenvalue weighted by Gasteiger charge is -2.14. The number of benzene rings is 2. The topological polar surface area (TPSA) is 51.6 Å². The molecule has 0 aliphatic carbocycles. The molecule has 1 aromatic heterocycles. The summed E-state index contributed by atoms with van der Waals surface area (Å²) in [5.41, 5.74) is 6.46. The molecule has 3 rings (SSSR count). The Morgan fingerprint density at radius 2 is 2.05 bits per heavy atom. The van der Waals surface area contributed by atoms with Crippen LogP contribution in [-0.4, -0.2) is 12.0 Å². The second-order valence-corrected chi connectivity index (χ2v) is 5.20. The van der Waals surface area contributed by atoms with E-state index in [4.69, 9.17) is 0 Å². The average Bonchev–Trinajstić information content (AvgIpc) is 2.97. The minimum atomic E-state index is 0.742. The first-order valence-electron chi connectivity index (χ1n) is 6.99. The van der Waals surface area contributed by atoms with Crippen molar-refractivity contribution in [1.82, 2.24) is 4.98 Å². The van der Waals surface area contributed by atoms with Gasteiger partial charge in [0, 0.05) is 24.4 Å². The second kappa shape index (κ2) is 5.34. The molecule has 0 saturated heterocycles. The number of aromatic amines is 1. The van der Waals surface area contributed by atoms with E-state index in [1.54, 1.807) is 0 Å². The highest BCUT2D eigenvalue weighted by Crippen LogP contribution is 2.26. The molecule has 0 bridgehead atoms. The number of rotatable bonds is 3. The van der Waals surface area contributed by atoms with Gasteiger partial charge in [-0.1, -0.05) is 6.07 Å². The van der Waals surface area contributed by atoms with Crippen LogP contribution in [0.4, 0.5) is 5.69 Å². The van der Waals surface area contributed by atoms with E-state index in [9.17, 15) is 5.26 Å². The standard InChI is InChI=1S/C18H17N3/c1-12-15(11-19)4-6-18(20-2)16(12)10-13-3-5-17-14(9-13)7-8-21-17/h3-9,20-21H,10H2,1-2H3. The van der Waals surface area contributed by atoms with Gasteiger partial charge in [0.2, 0.25) is 0 Å². The second-order valence-electron chi connectivity index (χ2n) is 5.20. The van der Waals surface area contributed by atoms with E-state index < -0.39 is 0 Å². The molecule has 1 heterocycles. The lowest BCUT2D eigenvalue weighted by molar-refractivity contribution is 1.15. The summed E-state index contributed by atoms with van der Waals surface area (Å²) in [5.74, 6) is 0. The molecule has 3 aromatic rings. The number of hydrogen-bond acceptors (Lipinski definition) is 2. The Hall–Kier alpha value is -2.73. The third-order valence-electron chi connectivity index (χ3n) is 3.99. The summed E-state index contributed by atoms with van der Waals surface area (Å²) in [5, 5.41) is 13.7. The fourth-order valence-electron chi connectivity index (χ4n) is 2.76. The minimum Gasteiger partial charge on any atom is -0.388 e. The number of anilines is 1. The van der Waals surface area contributed by atoms with Crippen LogP contribution in [0.5, 0.6) is 0 Å². The van der Waals surface area contributed by atoms with E-state index in [1.165, 1.54) is 16.5 Å². The van der Waals surface area contributed by atoms with Gasteiger partial charge in [0.25, 0.3) is 0 Å². The van der Waals surface area contributed by atoms with Crippen LogP contribution in [0.1, 0.15) is 22.3 Å². The molecule has 2 N–H and O–H groups in total. The monoisotopic (exact) mass is 275 g/mol. The predicted molar refractivity (Wildman–Crippen MR) is 86.5 cm³/mol. The average molecular weight is 275 g/mol. The first-order valence-corrected chi connectivity index (χ1v) is 6.99. The number of aromatic nitrogens is 1. The van der Waals surface area contributed by atoms with Gasteiger partial charge in [0.15, 0.2) is 0 Å². The van der Waals surface area contributed by atoms with Crippen LogP contribution in [0.2, 0.25) is 0 Å². The zero-order chi connectivity index (χ0) is 14.8. The summed E-state index contributed by atoms with van der Waals surface area (Å²) < 4.78 is 0. The zero-order valence-electron chi connectivity index (χ0n) is 12.2. The fraction of sp³-hybridized carbons (Fsp3) is 0.167. The van der Waals surface area contributed by atoms with Gasteiger partial charge in [0.1, 0.15) is 0 Å². The Morgan fingerprint density at radius 3 is 2.81 bits per heavy atom. The Kier molecular flexibility index (Phi) is 3.37. The first-order chi connectivity index (χ1) is 10.2. The smallest absolute Gasteiger partial charge is 0.0994 e. The summed E-state index contributed by atoms with van der Waals surface area (Å²) >= 11 is 0. The maximum atomic E-state index is 9.21. The maximum absolute atomic E-state index is 9.21. The number of nitriles is 1. The lowest BCUT2D eigenvalue weighted by atomic mass is 9.95. The van der Waals surface area contributed by atoms with E-state index in [-0.39, 0.29) is 0 Å². The van der Waals surface area contributed by atoms with Gasteiger partial charge in [-0.25, -0.2) is 0 Å². The molecule has 0 aliphatic rings. The SMILES string of the molecule is CNc1ccc(C#N)c(C)c1Cc1ccc2[nH]ccc2c1.